The maximum atomic E-state index is 4.78. The first-order valence-corrected chi connectivity index (χ1v) is 7.70. The highest BCUT2D eigenvalue weighted by molar-refractivity contribution is 5.55. The highest BCUT2D eigenvalue weighted by atomic mass is 15.2. The predicted molar refractivity (Wildman–Crippen MR) is 82.1 cm³/mol. The van der Waals surface area contributed by atoms with E-state index in [1.165, 1.54) is 42.6 Å². The van der Waals surface area contributed by atoms with E-state index >= 15 is 0 Å². The quantitative estimate of drug-likeness (QED) is 0.853. The van der Waals surface area contributed by atoms with Crippen LogP contribution in [-0.4, -0.2) is 31.7 Å². The molecule has 2 rings (SSSR count). The van der Waals surface area contributed by atoms with Crippen LogP contribution in [0.2, 0.25) is 0 Å². The Kier molecular flexibility index (Phi) is 5.20. The van der Waals surface area contributed by atoms with E-state index < -0.39 is 0 Å². The van der Waals surface area contributed by atoms with Crippen LogP contribution in [-0.2, 0) is 19.3 Å². The maximum Gasteiger partial charge on any atom is 0.132 e. The lowest BCUT2D eigenvalue weighted by Crippen LogP contribution is -2.36. The van der Waals surface area contributed by atoms with Crippen molar-refractivity contribution in [1.29, 1.82) is 0 Å². The largest absolute Gasteiger partial charge is 0.355 e. The Bertz CT molecular complexity index is 415. The van der Waals surface area contributed by atoms with Crippen molar-refractivity contribution in [2.75, 3.05) is 31.6 Å². The summed E-state index contributed by atoms with van der Waals surface area (Å²) < 4.78 is 0. The topological polar surface area (TPSA) is 28.2 Å². The van der Waals surface area contributed by atoms with Gasteiger partial charge in [-0.2, -0.15) is 0 Å². The van der Waals surface area contributed by atoms with Crippen molar-refractivity contribution in [2.24, 2.45) is 0 Å². The molecule has 0 unspecified atom stereocenters. The van der Waals surface area contributed by atoms with Crippen molar-refractivity contribution in [2.45, 2.75) is 46.0 Å². The second kappa shape index (κ2) is 6.90. The monoisotopic (exact) mass is 261 g/mol. The summed E-state index contributed by atoms with van der Waals surface area (Å²) in [6.07, 6.45) is 8.11. The van der Waals surface area contributed by atoms with Gasteiger partial charge in [0.15, 0.2) is 0 Å². The number of hydrogen-bond donors (Lipinski definition) is 1. The van der Waals surface area contributed by atoms with Crippen LogP contribution in [0.3, 0.4) is 0 Å². The molecule has 19 heavy (non-hydrogen) atoms. The van der Waals surface area contributed by atoms with Crippen molar-refractivity contribution in [1.82, 2.24) is 10.3 Å². The molecular weight excluding hydrogens is 234 g/mol. The van der Waals surface area contributed by atoms with Crippen LogP contribution in [0.25, 0.3) is 0 Å². The number of nitrogens with one attached hydrogen (secondary N) is 1. The highest BCUT2D eigenvalue weighted by Crippen LogP contribution is 2.30. The summed E-state index contributed by atoms with van der Waals surface area (Å²) in [6, 6.07) is 0. The zero-order valence-electron chi connectivity index (χ0n) is 12.6. The Labute approximate surface area is 117 Å². The smallest absolute Gasteiger partial charge is 0.132 e. The predicted octanol–water partition coefficient (Wildman–Crippen LogP) is 2.57. The van der Waals surface area contributed by atoms with Gasteiger partial charge in [0, 0.05) is 25.8 Å². The second-order valence-electron chi connectivity index (χ2n) is 5.36. The van der Waals surface area contributed by atoms with Gasteiger partial charge in [-0.05, 0) is 49.4 Å². The number of nitrogens with zero attached hydrogens (tertiary/aromatic N) is 2. The van der Waals surface area contributed by atoms with Crippen LogP contribution in [0, 0.1) is 0 Å². The molecule has 1 aliphatic heterocycles. The molecular formula is C16H27N3. The minimum Gasteiger partial charge on any atom is -0.355 e. The number of aryl methyl sites for hydroxylation is 1. The molecule has 1 aromatic heterocycles. The van der Waals surface area contributed by atoms with E-state index in [1.54, 1.807) is 5.56 Å². The van der Waals surface area contributed by atoms with Crippen molar-refractivity contribution in [3.8, 4) is 0 Å². The molecule has 0 saturated carbocycles. The molecule has 0 saturated heterocycles. The van der Waals surface area contributed by atoms with Gasteiger partial charge in [0.2, 0.25) is 0 Å². The first kappa shape index (κ1) is 14.3. The third-order valence-corrected chi connectivity index (χ3v) is 4.02. The summed E-state index contributed by atoms with van der Waals surface area (Å²) in [6.45, 7) is 7.77. The third kappa shape index (κ3) is 3.08. The molecule has 3 heteroatoms. The molecule has 2 heterocycles. The molecule has 0 amide bonds. The molecule has 0 fully saturated rings. The molecule has 106 valence electrons. The van der Waals surface area contributed by atoms with E-state index in [0.717, 1.165) is 26.1 Å². The third-order valence-electron chi connectivity index (χ3n) is 4.02. The Morgan fingerprint density at radius 2 is 2.21 bits per heavy atom. The minimum absolute atomic E-state index is 1.03. The average molecular weight is 261 g/mol. The zero-order chi connectivity index (χ0) is 13.7. The number of fused-ring (bicyclic) bond motifs is 1. The highest BCUT2D eigenvalue weighted by Gasteiger charge is 2.21. The molecule has 1 N–H and O–H groups in total. The Balaban J connectivity index is 2.32. The van der Waals surface area contributed by atoms with Crippen molar-refractivity contribution >= 4 is 5.82 Å². The van der Waals surface area contributed by atoms with Gasteiger partial charge in [-0.3, -0.25) is 0 Å². The van der Waals surface area contributed by atoms with Crippen molar-refractivity contribution in [3.05, 3.63) is 22.9 Å². The van der Waals surface area contributed by atoms with E-state index in [4.69, 9.17) is 4.98 Å². The van der Waals surface area contributed by atoms with Gasteiger partial charge in [-0.25, -0.2) is 4.98 Å². The van der Waals surface area contributed by atoms with Gasteiger partial charge in [-0.15, -0.1) is 0 Å². The van der Waals surface area contributed by atoms with Crippen LogP contribution in [0.4, 0.5) is 5.82 Å². The molecule has 1 aromatic rings. The van der Waals surface area contributed by atoms with Gasteiger partial charge in [0.25, 0.3) is 0 Å². The summed E-state index contributed by atoms with van der Waals surface area (Å²) in [5.41, 5.74) is 4.57. The van der Waals surface area contributed by atoms with Crippen LogP contribution < -0.4 is 10.2 Å². The zero-order valence-corrected chi connectivity index (χ0v) is 12.6. The molecule has 0 aromatic carbocycles. The van der Waals surface area contributed by atoms with Gasteiger partial charge in [0.05, 0.1) is 0 Å². The minimum atomic E-state index is 1.03. The summed E-state index contributed by atoms with van der Waals surface area (Å²) >= 11 is 0. The normalized spacial score (nSPS) is 14.6. The Hall–Kier alpha value is -1.09. The molecule has 1 aliphatic rings. The second-order valence-corrected chi connectivity index (χ2v) is 5.36. The molecule has 0 aliphatic carbocycles. The first-order valence-electron chi connectivity index (χ1n) is 7.70. The molecule has 3 nitrogen and oxygen atoms in total. The molecule has 0 bridgehead atoms. The fraction of sp³-hybridized carbons (Fsp3) is 0.688. The number of hydrogen-bond acceptors (Lipinski definition) is 3. The van der Waals surface area contributed by atoms with Crippen LogP contribution in [0.5, 0.6) is 0 Å². The standard InChI is InChI=1S/C16H27N3/c1-4-7-13-12-18-16-15(14(13)5-2)8-6-10-19(16)11-9-17-3/h12,17H,4-11H2,1-3H3. The van der Waals surface area contributed by atoms with Crippen LogP contribution >= 0.6 is 0 Å². The van der Waals surface area contributed by atoms with Crippen LogP contribution in [0.1, 0.15) is 43.4 Å². The Morgan fingerprint density at radius 3 is 2.89 bits per heavy atom. The number of aromatic nitrogens is 1. The van der Waals surface area contributed by atoms with E-state index in [-0.39, 0.29) is 0 Å². The lowest BCUT2D eigenvalue weighted by Gasteiger charge is -2.32. The fourth-order valence-corrected chi connectivity index (χ4v) is 3.10. The van der Waals surface area contributed by atoms with Crippen LogP contribution in [0.15, 0.2) is 6.20 Å². The summed E-state index contributed by atoms with van der Waals surface area (Å²) in [5.74, 6) is 1.25. The number of anilines is 1. The summed E-state index contributed by atoms with van der Waals surface area (Å²) in [4.78, 5) is 7.23. The van der Waals surface area contributed by atoms with E-state index in [0.29, 0.717) is 0 Å². The maximum absolute atomic E-state index is 4.78. The Morgan fingerprint density at radius 1 is 1.37 bits per heavy atom. The lowest BCUT2D eigenvalue weighted by atomic mass is 9.93. The summed E-state index contributed by atoms with van der Waals surface area (Å²) in [7, 11) is 2.01. The van der Waals surface area contributed by atoms with E-state index in [1.807, 2.05) is 7.05 Å². The number of likely N-dealkylation sites (N-methyl/N-ethyl adjacent to an activating group) is 1. The first-order chi connectivity index (χ1) is 9.31. The van der Waals surface area contributed by atoms with E-state index in [9.17, 15) is 0 Å². The van der Waals surface area contributed by atoms with Crippen molar-refractivity contribution in [3.63, 3.8) is 0 Å². The van der Waals surface area contributed by atoms with Gasteiger partial charge < -0.3 is 10.2 Å². The molecule has 0 atom stereocenters. The fourth-order valence-electron chi connectivity index (χ4n) is 3.10. The van der Waals surface area contributed by atoms with Gasteiger partial charge in [-0.1, -0.05) is 20.3 Å². The van der Waals surface area contributed by atoms with Gasteiger partial charge in [0.1, 0.15) is 5.82 Å². The van der Waals surface area contributed by atoms with E-state index in [2.05, 4.69) is 30.3 Å². The lowest BCUT2D eigenvalue weighted by molar-refractivity contribution is 0.648. The average Bonchev–Trinajstić information content (AvgIpc) is 2.45. The number of rotatable bonds is 6. The number of pyridine rings is 1. The SMILES string of the molecule is CCCc1cnc2c(c1CC)CCCN2CCNC. The summed E-state index contributed by atoms with van der Waals surface area (Å²) in [5, 5.41) is 3.24. The molecule has 0 spiro atoms. The molecule has 0 radical (unpaired) electrons. The van der Waals surface area contributed by atoms with Gasteiger partial charge >= 0.3 is 0 Å². The van der Waals surface area contributed by atoms with Crippen molar-refractivity contribution < 1.29 is 0 Å².